The predicted molar refractivity (Wildman–Crippen MR) is 95.4 cm³/mol. The molecule has 0 saturated carbocycles. The zero-order chi connectivity index (χ0) is 19.2. The minimum atomic E-state index is -2.84. The summed E-state index contributed by atoms with van der Waals surface area (Å²) in [7, 11) is -2.84. The van der Waals surface area contributed by atoms with Gasteiger partial charge in [0.05, 0.1) is 26.4 Å². The van der Waals surface area contributed by atoms with E-state index in [1.165, 1.54) is 0 Å². The molecule has 5 N–H and O–H groups in total. The highest BCUT2D eigenvalue weighted by atomic mass is 32.2. The van der Waals surface area contributed by atoms with Crippen LogP contribution in [0.15, 0.2) is 0 Å². The number of carbonyl (C=O) groups excluding carboxylic acids is 2. The number of thiol groups is 1. The molecule has 14 heteroatoms. The van der Waals surface area contributed by atoms with Crippen LogP contribution in [0.1, 0.15) is 12.8 Å². The molecular weight excluding hydrogens is 388 g/mol. The van der Waals surface area contributed by atoms with Gasteiger partial charge in [-0.15, -0.1) is 10.2 Å². The Balaban J connectivity index is 2.08. The summed E-state index contributed by atoms with van der Waals surface area (Å²) in [4.78, 5) is 23.3. The molecule has 0 aliphatic rings. The van der Waals surface area contributed by atoms with E-state index in [1.54, 1.807) is 0 Å². The average molecular weight is 410 g/mol. The van der Waals surface area contributed by atoms with Crippen molar-refractivity contribution in [1.82, 2.24) is 15.5 Å². The first-order chi connectivity index (χ1) is 12.5. The van der Waals surface area contributed by atoms with Gasteiger partial charge in [0.25, 0.3) is 0 Å². The summed E-state index contributed by atoms with van der Waals surface area (Å²) in [5.74, 6) is -0.714. The monoisotopic (exact) mass is 410 g/mol. The molecular formula is C12H22N6O6S2. The molecule has 0 unspecified atom stereocenters. The van der Waals surface area contributed by atoms with Crippen LogP contribution in [0.25, 0.3) is 0 Å². The Morgan fingerprint density at radius 2 is 1.65 bits per heavy atom. The second-order valence-corrected chi connectivity index (χ2v) is 6.41. The van der Waals surface area contributed by atoms with Crippen molar-refractivity contribution in [2.75, 3.05) is 49.6 Å². The summed E-state index contributed by atoms with van der Waals surface area (Å²) in [5, 5.41) is 12.4. The second-order valence-electron chi connectivity index (χ2n) is 4.69. The molecule has 0 atom stereocenters. The zero-order valence-electron chi connectivity index (χ0n) is 13.9. The minimum absolute atomic E-state index is 0.00176. The van der Waals surface area contributed by atoms with E-state index in [0.717, 1.165) is 11.3 Å². The molecule has 1 heterocycles. The van der Waals surface area contributed by atoms with E-state index in [-0.39, 0.29) is 29.0 Å². The molecule has 0 spiro atoms. The molecule has 148 valence electrons. The number of rotatable bonds is 14. The molecule has 0 radical (unpaired) electrons. The first kappa shape index (κ1) is 22.2. The van der Waals surface area contributed by atoms with E-state index in [2.05, 4.69) is 25.6 Å². The Hall–Kier alpha value is -1.87. The minimum Gasteiger partial charge on any atom is -0.378 e. The van der Waals surface area contributed by atoms with Crippen molar-refractivity contribution in [1.29, 1.82) is 0 Å². The fraction of sp³-hybridized carbons (Fsp3) is 0.667. The number of nitrogens with one attached hydrogen (secondary N) is 3. The van der Waals surface area contributed by atoms with E-state index in [1.807, 2.05) is 0 Å². The van der Waals surface area contributed by atoms with Crippen LogP contribution in [-0.2, 0) is 30.0 Å². The number of nitrogens with zero attached hydrogens (tertiary/aromatic N) is 2. The summed E-state index contributed by atoms with van der Waals surface area (Å²) in [6.07, 6.45) is -0.0421. The molecule has 26 heavy (non-hydrogen) atoms. The van der Waals surface area contributed by atoms with Crippen molar-refractivity contribution >= 4 is 44.3 Å². The van der Waals surface area contributed by atoms with Crippen LogP contribution in [0.4, 0.5) is 10.3 Å². The standard InChI is InChI=1S/C12H22N6O6S2/c13-3-5-23-7-8-24-6-4-14-9(19)1-2-10(20)15-11-16-17-12(25-11)18-26(21)22/h26H,1-8,13H2,(H,14,19)(H,15,16,20)(H,17,18,21,22). The van der Waals surface area contributed by atoms with Gasteiger partial charge in [-0.3, -0.25) is 14.3 Å². The number of aromatic nitrogens is 2. The van der Waals surface area contributed by atoms with E-state index < -0.39 is 16.8 Å². The third-order valence-corrected chi connectivity index (χ3v) is 3.94. The van der Waals surface area contributed by atoms with Crippen LogP contribution < -0.4 is 21.1 Å². The number of nitrogens with two attached hydrogens (primary N) is 1. The van der Waals surface area contributed by atoms with Gasteiger partial charge in [-0.2, -0.15) is 0 Å². The van der Waals surface area contributed by atoms with Crippen LogP contribution in [0, 0.1) is 0 Å². The molecule has 0 aromatic carbocycles. The van der Waals surface area contributed by atoms with Crippen molar-refractivity contribution < 1.29 is 27.5 Å². The van der Waals surface area contributed by atoms with Crippen LogP contribution in [0.3, 0.4) is 0 Å². The fourth-order valence-electron chi connectivity index (χ4n) is 1.56. The smallest absolute Gasteiger partial charge is 0.226 e. The lowest BCUT2D eigenvalue weighted by Gasteiger charge is -2.07. The Kier molecular flexibility index (Phi) is 11.4. The zero-order valence-corrected chi connectivity index (χ0v) is 15.6. The quantitative estimate of drug-likeness (QED) is 0.177. The Morgan fingerprint density at radius 1 is 1.00 bits per heavy atom. The first-order valence-electron chi connectivity index (χ1n) is 7.68. The van der Waals surface area contributed by atoms with Crippen LogP contribution >= 0.6 is 11.3 Å². The summed E-state index contributed by atoms with van der Waals surface area (Å²) in [5.41, 5.74) is 5.26. The van der Waals surface area contributed by atoms with Crippen molar-refractivity contribution in [3.8, 4) is 0 Å². The molecule has 1 rings (SSSR count). The largest absolute Gasteiger partial charge is 0.378 e. The molecule has 0 aliphatic carbocycles. The lowest BCUT2D eigenvalue weighted by molar-refractivity contribution is -0.124. The second kappa shape index (κ2) is 13.3. The van der Waals surface area contributed by atoms with E-state index in [0.29, 0.717) is 39.5 Å². The Bertz CT molecular complexity index is 629. The van der Waals surface area contributed by atoms with E-state index in [4.69, 9.17) is 15.2 Å². The van der Waals surface area contributed by atoms with Crippen LogP contribution in [0.5, 0.6) is 0 Å². The van der Waals surface area contributed by atoms with Crippen LogP contribution in [0.2, 0.25) is 0 Å². The highest BCUT2D eigenvalue weighted by Crippen LogP contribution is 2.19. The molecule has 0 bridgehead atoms. The van der Waals surface area contributed by atoms with Gasteiger partial charge in [0, 0.05) is 25.9 Å². The molecule has 12 nitrogen and oxygen atoms in total. The average Bonchev–Trinajstić information content (AvgIpc) is 3.01. The van der Waals surface area contributed by atoms with Gasteiger partial charge in [-0.05, 0) is 0 Å². The number of carbonyl (C=O) groups is 2. The molecule has 2 amide bonds. The maximum atomic E-state index is 11.7. The van der Waals surface area contributed by atoms with Gasteiger partial charge < -0.3 is 25.8 Å². The summed E-state index contributed by atoms with van der Waals surface area (Å²) >= 11 is 0.867. The first-order valence-corrected chi connectivity index (χ1v) is 9.67. The van der Waals surface area contributed by atoms with Crippen molar-refractivity contribution in [2.24, 2.45) is 5.73 Å². The molecule has 0 saturated heterocycles. The van der Waals surface area contributed by atoms with Crippen molar-refractivity contribution in [3.05, 3.63) is 0 Å². The number of ether oxygens (including phenoxy) is 2. The van der Waals surface area contributed by atoms with Gasteiger partial charge in [-0.25, -0.2) is 8.42 Å². The normalized spacial score (nSPS) is 10.7. The highest BCUT2D eigenvalue weighted by molar-refractivity contribution is 7.74. The SMILES string of the molecule is NCCOCCOCCNC(=O)CCC(=O)Nc1nnc(N[SH](=O)=O)s1. The highest BCUT2D eigenvalue weighted by Gasteiger charge is 2.10. The number of hydrogen-bond acceptors (Lipinski definition) is 10. The van der Waals surface area contributed by atoms with E-state index >= 15 is 0 Å². The fourth-order valence-corrected chi connectivity index (χ4v) is 2.68. The van der Waals surface area contributed by atoms with Crippen LogP contribution in [-0.4, -0.2) is 69.9 Å². The maximum Gasteiger partial charge on any atom is 0.226 e. The maximum absolute atomic E-state index is 11.7. The predicted octanol–water partition coefficient (Wildman–Crippen LogP) is -1.70. The van der Waals surface area contributed by atoms with Crippen molar-refractivity contribution in [3.63, 3.8) is 0 Å². The molecule has 0 aliphatic heterocycles. The lowest BCUT2D eigenvalue weighted by Crippen LogP contribution is -2.28. The lowest BCUT2D eigenvalue weighted by atomic mass is 10.3. The number of amides is 2. The molecule has 1 aromatic rings. The van der Waals surface area contributed by atoms with Gasteiger partial charge in [0.15, 0.2) is 0 Å². The third kappa shape index (κ3) is 10.9. The number of hydrogen-bond donors (Lipinski definition) is 5. The Morgan fingerprint density at radius 3 is 2.35 bits per heavy atom. The van der Waals surface area contributed by atoms with Gasteiger partial charge in [0.1, 0.15) is 0 Å². The topological polar surface area (TPSA) is 175 Å². The number of anilines is 2. The Labute approximate surface area is 155 Å². The third-order valence-electron chi connectivity index (χ3n) is 2.64. The van der Waals surface area contributed by atoms with Gasteiger partial charge >= 0.3 is 0 Å². The van der Waals surface area contributed by atoms with Gasteiger partial charge in [0.2, 0.25) is 33.0 Å². The van der Waals surface area contributed by atoms with Crippen molar-refractivity contribution in [2.45, 2.75) is 12.8 Å². The molecule has 1 aromatic heterocycles. The van der Waals surface area contributed by atoms with E-state index in [9.17, 15) is 18.0 Å². The van der Waals surface area contributed by atoms with Gasteiger partial charge in [-0.1, -0.05) is 11.3 Å². The summed E-state index contributed by atoms with van der Waals surface area (Å²) < 4.78 is 33.4. The summed E-state index contributed by atoms with van der Waals surface area (Å²) in [6, 6.07) is 0. The molecule has 0 fully saturated rings. The summed E-state index contributed by atoms with van der Waals surface area (Å²) in [6.45, 7) is 2.47.